The molecule has 2 fully saturated rings. The van der Waals surface area contributed by atoms with Crippen molar-refractivity contribution in [3.05, 3.63) is 41.7 Å². The zero-order valence-corrected chi connectivity index (χ0v) is 26.5. The summed E-state index contributed by atoms with van der Waals surface area (Å²) in [5, 5.41) is 10.6. The van der Waals surface area contributed by atoms with E-state index >= 15 is 0 Å². The second kappa shape index (κ2) is 14.8. The van der Waals surface area contributed by atoms with Crippen LogP contribution in [0.3, 0.4) is 0 Å². The number of carbonyl (C=O) groups is 2. The Labute approximate surface area is 255 Å². The Morgan fingerprint density at radius 2 is 1.77 bits per heavy atom. The maximum Gasteiger partial charge on any atom is 0.410 e. The van der Waals surface area contributed by atoms with Crippen LogP contribution in [0.25, 0.3) is 6.08 Å². The molecule has 1 aromatic heterocycles. The van der Waals surface area contributed by atoms with E-state index < -0.39 is 34.3 Å². The number of sulfonamides is 1. The van der Waals surface area contributed by atoms with E-state index in [1.54, 1.807) is 23.2 Å². The lowest BCUT2D eigenvalue weighted by Gasteiger charge is -2.33. The molecule has 0 aliphatic carbocycles. The predicted molar refractivity (Wildman–Crippen MR) is 162 cm³/mol. The van der Waals surface area contributed by atoms with Gasteiger partial charge in [-0.2, -0.15) is 4.31 Å². The van der Waals surface area contributed by atoms with Gasteiger partial charge in [0.25, 0.3) is 0 Å². The average molecular weight is 619 g/mol. The lowest BCUT2D eigenvalue weighted by Crippen LogP contribution is -2.48. The van der Waals surface area contributed by atoms with Crippen molar-refractivity contribution in [2.75, 3.05) is 46.3 Å². The minimum absolute atomic E-state index is 0.0774. The van der Waals surface area contributed by atoms with E-state index in [1.165, 1.54) is 10.5 Å². The third-order valence-corrected chi connectivity index (χ3v) is 10.4. The van der Waals surface area contributed by atoms with Crippen molar-refractivity contribution in [1.82, 2.24) is 19.1 Å². The molecule has 5 atom stereocenters. The molecule has 2 saturated heterocycles. The smallest absolute Gasteiger partial charge is 0.410 e. The highest BCUT2D eigenvalue weighted by atomic mass is 32.2. The van der Waals surface area contributed by atoms with Crippen LogP contribution in [0.1, 0.15) is 58.4 Å². The molecule has 3 aliphatic heterocycles. The molecule has 11 nitrogen and oxygen atoms in total. The first-order valence-corrected chi connectivity index (χ1v) is 16.7. The number of aromatic nitrogens is 1. The van der Waals surface area contributed by atoms with Gasteiger partial charge in [-0.15, -0.1) is 0 Å². The first-order valence-electron chi connectivity index (χ1n) is 15.3. The van der Waals surface area contributed by atoms with Gasteiger partial charge in [-0.25, -0.2) is 13.2 Å². The summed E-state index contributed by atoms with van der Waals surface area (Å²) >= 11 is 0. The van der Waals surface area contributed by atoms with Crippen LogP contribution in [0.4, 0.5) is 4.79 Å². The highest BCUT2D eigenvalue weighted by molar-refractivity contribution is 7.89. The number of cyclic esters (lactones) is 1. The fourth-order valence-electron chi connectivity index (χ4n) is 5.71. The molecule has 0 aromatic carbocycles. The quantitative estimate of drug-likeness (QED) is 0.390. The highest BCUT2D eigenvalue weighted by Gasteiger charge is 2.30. The number of esters is 1. The van der Waals surface area contributed by atoms with Crippen LogP contribution in [-0.2, 0) is 24.3 Å². The van der Waals surface area contributed by atoms with Crippen molar-refractivity contribution >= 4 is 28.2 Å². The molecule has 1 aromatic rings. The van der Waals surface area contributed by atoms with E-state index in [-0.39, 0.29) is 29.2 Å². The van der Waals surface area contributed by atoms with Crippen LogP contribution < -0.4 is 0 Å². The van der Waals surface area contributed by atoms with Gasteiger partial charge in [-0.05, 0) is 68.9 Å². The summed E-state index contributed by atoms with van der Waals surface area (Å²) in [5.41, 5.74) is 1.26. The van der Waals surface area contributed by atoms with Crippen LogP contribution in [0.2, 0.25) is 0 Å². The Morgan fingerprint density at radius 1 is 1.07 bits per heavy atom. The normalized spacial score (nSPS) is 29.8. The number of hydrogen-bond acceptors (Lipinski definition) is 9. The number of pyridine rings is 1. The maximum absolute atomic E-state index is 13.1. The molecule has 4 rings (SSSR count). The Morgan fingerprint density at radius 3 is 2.47 bits per heavy atom. The summed E-state index contributed by atoms with van der Waals surface area (Å²) < 4.78 is 39.5. The number of ether oxygens (including phenoxy) is 2. The van der Waals surface area contributed by atoms with Gasteiger partial charge in [0.1, 0.15) is 17.1 Å². The summed E-state index contributed by atoms with van der Waals surface area (Å²) in [6.07, 6.45) is 8.47. The zero-order valence-electron chi connectivity index (χ0n) is 25.7. The van der Waals surface area contributed by atoms with Crippen molar-refractivity contribution in [2.45, 2.75) is 76.1 Å². The summed E-state index contributed by atoms with van der Waals surface area (Å²) in [7, 11) is -1.61. The van der Waals surface area contributed by atoms with Gasteiger partial charge >= 0.3 is 12.1 Å². The third-order valence-electron chi connectivity index (χ3n) is 8.54. The SMILES string of the molecule is C/C(=C\c1cncc(S(=O)(=O)N2CCCC2)c1)[C@H]1OC(=O)C[C@H](O)CC[C@H](C)C(OC(=O)N2CCN(C)CC2)/C=C/[C@@H]1C. The fourth-order valence-corrected chi connectivity index (χ4v) is 7.22. The maximum atomic E-state index is 13.1. The van der Waals surface area contributed by atoms with E-state index in [1.807, 2.05) is 40.0 Å². The van der Waals surface area contributed by atoms with Gasteiger partial charge < -0.3 is 24.4 Å². The van der Waals surface area contributed by atoms with Crippen LogP contribution in [0, 0.1) is 11.8 Å². The molecule has 12 heteroatoms. The van der Waals surface area contributed by atoms with E-state index in [9.17, 15) is 23.1 Å². The molecule has 1 unspecified atom stereocenters. The number of rotatable bonds is 5. The van der Waals surface area contributed by atoms with Crippen LogP contribution in [-0.4, -0.2) is 109 Å². The second-order valence-electron chi connectivity index (χ2n) is 12.2. The van der Waals surface area contributed by atoms with Crippen molar-refractivity contribution in [1.29, 1.82) is 0 Å². The Hall–Kier alpha value is -2.80. The lowest BCUT2D eigenvalue weighted by molar-refractivity contribution is -0.151. The van der Waals surface area contributed by atoms with Crippen LogP contribution >= 0.6 is 0 Å². The van der Waals surface area contributed by atoms with Crippen LogP contribution in [0.15, 0.2) is 41.1 Å². The van der Waals surface area contributed by atoms with Crippen molar-refractivity contribution < 1.29 is 32.6 Å². The number of hydrogen-bond donors (Lipinski definition) is 1. The highest BCUT2D eigenvalue weighted by Crippen LogP contribution is 2.27. The number of amides is 1. The fraction of sp³-hybridized carbons (Fsp3) is 0.645. The summed E-state index contributed by atoms with van der Waals surface area (Å²) in [4.78, 5) is 34.0. The number of likely N-dealkylation sites (N-methyl/N-ethyl adjacent to an activating group) is 1. The van der Waals surface area contributed by atoms with Gasteiger partial charge in [0.05, 0.1) is 12.5 Å². The summed E-state index contributed by atoms with van der Waals surface area (Å²) in [6, 6.07) is 1.58. The minimum Gasteiger partial charge on any atom is -0.457 e. The molecular formula is C31H46N4O7S. The average Bonchev–Trinajstić information content (AvgIpc) is 3.53. The third kappa shape index (κ3) is 8.87. The van der Waals surface area contributed by atoms with E-state index in [4.69, 9.17) is 9.47 Å². The number of aliphatic hydroxyl groups excluding tert-OH is 1. The number of carbonyl (C=O) groups excluding carboxylic acids is 2. The monoisotopic (exact) mass is 618 g/mol. The molecule has 43 heavy (non-hydrogen) atoms. The van der Waals surface area contributed by atoms with E-state index in [0.717, 1.165) is 25.9 Å². The molecule has 0 saturated carbocycles. The molecule has 3 aliphatic rings. The molecule has 0 bridgehead atoms. The molecule has 1 amide bonds. The van der Waals surface area contributed by atoms with E-state index in [2.05, 4.69) is 9.88 Å². The number of nitrogens with zero attached hydrogens (tertiary/aromatic N) is 4. The largest absolute Gasteiger partial charge is 0.457 e. The number of piperazine rings is 1. The zero-order chi connectivity index (χ0) is 31.1. The lowest BCUT2D eigenvalue weighted by atomic mass is 9.91. The minimum atomic E-state index is -3.64. The molecule has 1 N–H and O–H groups in total. The number of aliphatic hydroxyl groups is 1. The first kappa shape index (κ1) is 33.1. The molecular weight excluding hydrogens is 572 g/mol. The standard InChI is InChI=1S/C31H46N4O7S/c1-22-7-9-26(36)19-29(37)42-30(23(2)8-10-28(22)41-31(38)34-15-13-33(4)14-16-34)24(3)17-25-18-27(21-32-20-25)43(39,40)35-11-5-6-12-35/h8,10,17-18,20-23,26,28,30,36H,5-7,9,11-16,19H2,1-4H3/b10-8+,24-17+/t22-,23-,26+,28?,30-/m0/s1. The Balaban J connectivity index is 1.56. The predicted octanol–water partition coefficient (Wildman–Crippen LogP) is 3.31. The molecule has 4 heterocycles. The van der Waals surface area contributed by atoms with Crippen molar-refractivity contribution in [3.8, 4) is 0 Å². The van der Waals surface area contributed by atoms with Gasteiger partial charge in [0.2, 0.25) is 10.0 Å². The van der Waals surface area contributed by atoms with Gasteiger partial charge in [0.15, 0.2) is 0 Å². The first-order chi connectivity index (χ1) is 20.4. The Bertz CT molecular complexity index is 1290. The Kier molecular flexibility index (Phi) is 11.4. The van der Waals surface area contributed by atoms with Gasteiger partial charge in [-0.3, -0.25) is 9.78 Å². The molecule has 0 radical (unpaired) electrons. The second-order valence-corrected chi connectivity index (χ2v) is 14.1. The van der Waals surface area contributed by atoms with Gasteiger partial charge in [0, 0.05) is 57.6 Å². The molecule has 238 valence electrons. The van der Waals surface area contributed by atoms with E-state index in [0.29, 0.717) is 50.2 Å². The van der Waals surface area contributed by atoms with Crippen LogP contribution in [0.5, 0.6) is 0 Å². The van der Waals surface area contributed by atoms with Crippen molar-refractivity contribution in [3.63, 3.8) is 0 Å². The summed E-state index contributed by atoms with van der Waals surface area (Å²) in [5.74, 6) is -0.898. The van der Waals surface area contributed by atoms with Gasteiger partial charge in [-0.1, -0.05) is 26.0 Å². The van der Waals surface area contributed by atoms with Crippen molar-refractivity contribution in [2.24, 2.45) is 11.8 Å². The topological polar surface area (TPSA) is 130 Å². The summed E-state index contributed by atoms with van der Waals surface area (Å²) in [6.45, 7) is 9.49. The molecule has 0 spiro atoms.